The lowest BCUT2D eigenvalue weighted by Crippen LogP contribution is -2.18. The molecule has 1 aliphatic rings. The van der Waals surface area contributed by atoms with Crippen molar-refractivity contribution in [2.24, 2.45) is 0 Å². The molecule has 20 heavy (non-hydrogen) atoms. The van der Waals surface area contributed by atoms with Gasteiger partial charge in [-0.15, -0.1) is 0 Å². The van der Waals surface area contributed by atoms with E-state index in [0.717, 1.165) is 6.54 Å². The maximum atomic E-state index is 3.57. The van der Waals surface area contributed by atoms with Crippen molar-refractivity contribution in [1.29, 1.82) is 0 Å². The smallest absolute Gasteiger partial charge is 0.0646 e. The number of hydrogen-bond donors (Lipinski definition) is 1. The molecule has 0 fully saturated rings. The highest BCUT2D eigenvalue weighted by molar-refractivity contribution is 5.80. The summed E-state index contributed by atoms with van der Waals surface area (Å²) in [6.45, 7) is 5.40. The molecule has 104 valence electrons. The Morgan fingerprint density at radius 3 is 2.70 bits per heavy atom. The maximum Gasteiger partial charge on any atom is 0.0646 e. The van der Waals surface area contributed by atoms with Gasteiger partial charge in [-0.25, -0.2) is 0 Å². The van der Waals surface area contributed by atoms with Crippen LogP contribution in [0.5, 0.6) is 0 Å². The van der Waals surface area contributed by atoms with Gasteiger partial charge in [0.1, 0.15) is 0 Å². The Kier molecular flexibility index (Phi) is 3.39. The van der Waals surface area contributed by atoms with Gasteiger partial charge in [0.2, 0.25) is 0 Å². The van der Waals surface area contributed by atoms with Crippen LogP contribution in [0.2, 0.25) is 0 Å². The predicted molar refractivity (Wildman–Crippen MR) is 87.2 cm³/mol. The van der Waals surface area contributed by atoms with Gasteiger partial charge >= 0.3 is 0 Å². The summed E-state index contributed by atoms with van der Waals surface area (Å²) in [4.78, 5) is 2.30. The fraction of sp³-hybridized carbons (Fsp3) is 0.333. The molecule has 3 rings (SSSR count). The monoisotopic (exact) mass is 266 g/mol. The fourth-order valence-electron chi connectivity index (χ4n) is 3.08. The van der Waals surface area contributed by atoms with Crippen LogP contribution in [0.3, 0.4) is 0 Å². The second-order valence-corrected chi connectivity index (χ2v) is 5.69. The van der Waals surface area contributed by atoms with Crippen LogP contribution >= 0.6 is 0 Å². The highest BCUT2D eigenvalue weighted by Gasteiger charge is 2.16. The summed E-state index contributed by atoms with van der Waals surface area (Å²) in [6, 6.07) is 13.3. The summed E-state index contributed by atoms with van der Waals surface area (Å²) >= 11 is 0. The van der Waals surface area contributed by atoms with E-state index in [-0.39, 0.29) is 0 Å². The van der Waals surface area contributed by atoms with Crippen molar-refractivity contribution in [3.63, 3.8) is 0 Å². The third-order valence-corrected chi connectivity index (χ3v) is 4.13. The zero-order valence-electron chi connectivity index (χ0n) is 12.5. The minimum absolute atomic E-state index is 1.07. The molecule has 1 N–H and O–H groups in total. The first-order chi connectivity index (χ1) is 9.66. The molecule has 2 aromatic rings. The summed E-state index contributed by atoms with van der Waals surface area (Å²) in [6.07, 6.45) is 2.40. The van der Waals surface area contributed by atoms with Gasteiger partial charge in [-0.1, -0.05) is 29.8 Å². The number of para-hydroxylation sites is 1. The molecule has 0 amide bonds. The summed E-state index contributed by atoms with van der Waals surface area (Å²) in [7, 11) is 2.16. The molecule has 0 radical (unpaired) electrons. The minimum Gasteiger partial charge on any atom is -0.383 e. The van der Waals surface area contributed by atoms with Crippen LogP contribution in [-0.4, -0.2) is 13.6 Å². The molecule has 0 spiro atoms. The van der Waals surface area contributed by atoms with E-state index in [4.69, 9.17) is 0 Å². The van der Waals surface area contributed by atoms with Gasteiger partial charge in [0.25, 0.3) is 0 Å². The summed E-state index contributed by atoms with van der Waals surface area (Å²) in [5, 5.41) is 3.57. The van der Waals surface area contributed by atoms with E-state index in [9.17, 15) is 0 Å². The maximum absolute atomic E-state index is 3.57. The van der Waals surface area contributed by atoms with Crippen molar-refractivity contribution in [1.82, 2.24) is 0 Å². The number of anilines is 3. The Bertz CT molecular complexity index is 631. The second kappa shape index (κ2) is 5.20. The van der Waals surface area contributed by atoms with Crippen molar-refractivity contribution in [3.05, 3.63) is 53.1 Å². The number of rotatable bonds is 2. The standard InChI is InChI=1S/C18H22N2/c1-13-9-10-16(14(2)12-13)20(3)17-8-4-6-15-7-5-11-19-18(15)17/h4,6,8-10,12,19H,5,7,11H2,1-3H3. The molecule has 0 bridgehead atoms. The van der Waals surface area contributed by atoms with Crippen molar-refractivity contribution >= 4 is 17.1 Å². The Labute approximate surface area is 121 Å². The van der Waals surface area contributed by atoms with Crippen molar-refractivity contribution in [2.45, 2.75) is 26.7 Å². The number of aryl methyl sites for hydroxylation is 3. The average molecular weight is 266 g/mol. The van der Waals surface area contributed by atoms with Gasteiger partial charge < -0.3 is 10.2 Å². The van der Waals surface area contributed by atoms with E-state index in [2.05, 4.69) is 67.5 Å². The number of benzene rings is 2. The average Bonchev–Trinajstić information content (AvgIpc) is 2.46. The van der Waals surface area contributed by atoms with Gasteiger partial charge in [0.15, 0.2) is 0 Å². The first-order valence-corrected chi connectivity index (χ1v) is 7.33. The van der Waals surface area contributed by atoms with Crippen LogP contribution in [0.4, 0.5) is 17.1 Å². The first kappa shape index (κ1) is 13.0. The number of nitrogens with one attached hydrogen (secondary N) is 1. The highest BCUT2D eigenvalue weighted by Crippen LogP contribution is 2.36. The normalized spacial score (nSPS) is 13.6. The SMILES string of the molecule is Cc1ccc(N(C)c2cccc3c2NCCC3)c(C)c1. The van der Waals surface area contributed by atoms with Crippen LogP contribution in [0.1, 0.15) is 23.1 Å². The number of hydrogen-bond acceptors (Lipinski definition) is 2. The zero-order valence-corrected chi connectivity index (χ0v) is 12.5. The lowest BCUT2D eigenvalue weighted by molar-refractivity contribution is 0.829. The second-order valence-electron chi connectivity index (χ2n) is 5.69. The van der Waals surface area contributed by atoms with Crippen molar-refractivity contribution in [3.8, 4) is 0 Å². The number of fused-ring (bicyclic) bond motifs is 1. The molecule has 2 nitrogen and oxygen atoms in total. The first-order valence-electron chi connectivity index (χ1n) is 7.33. The van der Waals surface area contributed by atoms with Crippen LogP contribution in [0.25, 0.3) is 0 Å². The van der Waals surface area contributed by atoms with E-state index in [0.29, 0.717) is 0 Å². The Morgan fingerprint density at radius 1 is 1.05 bits per heavy atom. The fourth-order valence-corrected chi connectivity index (χ4v) is 3.08. The molecule has 2 heteroatoms. The molecule has 2 aromatic carbocycles. The lowest BCUT2D eigenvalue weighted by Gasteiger charge is -2.28. The Balaban J connectivity index is 2.04. The van der Waals surface area contributed by atoms with E-state index >= 15 is 0 Å². The topological polar surface area (TPSA) is 15.3 Å². The Morgan fingerprint density at radius 2 is 1.90 bits per heavy atom. The molecule has 0 aromatic heterocycles. The van der Waals surface area contributed by atoms with E-state index in [1.54, 1.807) is 0 Å². The van der Waals surface area contributed by atoms with E-state index < -0.39 is 0 Å². The molecular weight excluding hydrogens is 244 g/mol. The predicted octanol–water partition coefficient (Wildman–Crippen LogP) is 4.43. The van der Waals surface area contributed by atoms with Crippen LogP contribution < -0.4 is 10.2 Å². The van der Waals surface area contributed by atoms with Crippen LogP contribution in [0.15, 0.2) is 36.4 Å². The lowest BCUT2D eigenvalue weighted by atomic mass is 10.0. The number of nitrogens with zero attached hydrogens (tertiary/aromatic N) is 1. The van der Waals surface area contributed by atoms with Gasteiger partial charge in [0.05, 0.1) is 11.4 Å². The van der Waals surface area contributed by atoms with Gasteiger partial charge in [-0.05, 0) is 49.9 Å². The summed E-state index contributed by atoms with van der Waals surface area (Å²) in [5.41, 5.74) is 7.92. The molecule has 0 atom stereocenters. The van der Waals surface area contributed by atoms with Crippen LogP contribution in [0, 0.1) is 13.8 Å². The third kappa shape index (κ3) is 2.26. The van der Waals surface area contributed by atoms with Gasteiger partial charge in [0, 0.05) is 19.3 Å². The molecular formula is C18H22N2. The summed E-state index contributed by atoms with van der Waals surface area (Å²) in [5.74, 6) is 0. The quantitative estimate of drug-likeness (QED) is 0.865. The molecule has 1 heterocycles. The largest absolute Gasteiger partial charge is 0.383 e. The summed E-state index contributed by atoms with van der Waals surface area (Å²) < 4.78 is 0. The van der Waals surface area contributed by atoms with Crippen LogP contribution in [-0.2, 0) is 6.42 Å². The molecule has 0 saturated heterocycles. The van der Waals surface area contributed by atoms with E-state index in [1.165, 1.54) is 46.6 Å². The molecule has 0 unspecified atom stereocenters. The van der Waals surface area contributed by atoms with Gasteiger partial charge in [-0.2, -0.15) is 0 Å². The third-order valence-electron chi connectivity index (χ3n) is 4.13. The van der Waals surface area contributed by atoms with Crippen molar-refractivity contribution in [2.75, 3.05) is 23.8 Å². The highest BCUT2D eigenvalue weighted by atomic mass is 15.1. The molecule has 0 saturated carbocycles. The van der Waals surface area contributed by atoms with Crippen molar-refractivity contribution < 1.29 is 0 Å². The molecule has 0 aliphatic carbocycles. The molecule has 1 aliphatic heterocycles. The zero-order chi connectivity index (χ0) is 14.1. The van der Waals surface area contributed by atoms with Gasteiger partial charge in [-0.3, -0.25) is 0 Å². The van der Waals surface area contributed by atoms with E-state index in [1.807, 2.05) is 0 Å². The minimum atomic E-state index is 1.07. The Hall–Kier alpha value is -1.96.